The minimum Gasteiger partial charge on any atom is -0.355 e. The molecule has 6 nitrogen and oxygen atoms in total. The third kappa shape index (κ3) is 3.04. The molecular formula is C15H18N4O2. The standard InChI is InChI=1S/C15H18N4O2/c1-9-7-11(9)15(21)16-6-5-13(20)18-12-4-2-3-10-8-17-19-14(10)12/h2-4,8-9,11H,5-7H2,1H3,(H,16,21)(H,17,19)(H,18,20). The van der Waals surface area contributed by atoms with E-state index in [-0.39, 0.29) is 24.2 Å². The number of fused-ring (bicyclic) bond motifs is 1. The molecular weight excluding hydrogens is 268 g/mol. The fourth-order valence-electron chi connectivity index (χ4n) is 2.40. The molecule has 2 unspecified atom stereocenters. The van der Waals surface area contributed by atoms with E-state index in [9.17, 15) is 9.59 Å². The Hall–Kier alpha value is -2.37. The molecule has 0 bridgehead atoms. The maximum Gasteiger partial charge on any atom is 0.226 e. The van der Waals surface area contributed by atoms with Crippen LogP contribution in [0.1, 0.15) is 19.8 Å². The van der Waals surface area contributed by atoms with Gasteiger partial charge in [-0.25, -0.2) is 0 Å². The number of carbonyl (C=O) groups excluding carboxylic acids is 2. The summed E-state index contributed by atoms with van der Waals surface area (Å²) in [4.78, 5) is 23.6. The largest absolute Gasteiger partial charge is 0.355 e. The van der Waals surface area contributed by atoms with Gasteiger partial charge in [-0.15, -0.1) is 0 Å². The summed E-state index contributed by atoms with van der Waals surface area (Å²) in [5.74, 6) is 0.566. The quantitative estimate of drug-likeness (QED) is 0.781. The topological polar surface area (TPSA) is 86.9 Å². The molecule has 0 radical (unpaired) electrons. The van der Waals surface area contributed by atoms with Crippen molar-refractivity contribution in [1.82, 2.24) is 15.5 Å². The summed E-state index contributed by atoms with van der Waals surface area (Å²) in [5.41, 5.74) is 1.51. The molecule has 2 amide bonds. The second-order valence-electron chi connectivity index (χ2n) is 5.55. The summed E-state index contributed by atoms with van der Waals surface area (Å²) >= 11 is 0. The molecule has 1 saturated carbocycles. The van der Waals surface area contributed by atoms with Gasteiger partial charge in [0.25, 0.3) is 0 Å². The van der Waals surface area contributed by atoms with Gasteiger partial charge in [0.05, 0.1) is 17.4 Å². The molecule has 1 fully saturated rings. The average Bonchev–Trinajstić information content (AvgIpc) is 3.00. The summed E-state index contributed by atoms with van der Waals surface area (Å²) in [6, 6.07) is 5.61. The molecule has 1 heterocycles. The fourth-order valence-corrected chi connectivity index (χ4v) is 2.40. The molecule has 0 saturated heterocycles. The minimum atomic E-state index is -0.124. The van der Waals surface area contributed by atoms with Crippen molar-refractivity contribution >= 4 is 28.4 Å². The Kier molecular flexibility index (Phi) is 3.60. The number of amides is 2. The predicted molar refractivity (Wildman–Crippen MR) is 79.6 cm³/mol. The summed E-state index contributed by atoms with van der Waals surface area (Å²) in [7, 11) is 0. The maximum absolute atomic E-state index is 11.9. The molecule has 1 aromatic carbocycles. The highest BCUT2D eigenvalue weighted by molar-refractivity contribution is 6.00. The van der Waals surface area contributed by atoms with Crippen LogP contribution in [0.2, 0.25) is 0 Å². The van der Waals surface area contributed by atoms with Gasteiger partial charge < -0.3 is 10.6 Å². The van der Waals surface area contributed by atoms with Gasteiger partial charge in [-0.1, -0.05) is 19.1 Å². The zero-order chi connectivity index (χ0) is 14.8. The smallest absolute Gasteiger partial charge is 0.226 e. The molecule has 1 aliphatic rings. The van der Waals surface area contributed by atoms with Crippen molar-refractivity contribution in [3.05, 3.63) is 24.4 Å². The lowest BCUT2D eigenvalue weighted by Crippen LogP contribution is -2.29. The Labute approximate surface area is 122 Å². The predicted octanol–water partition coefficient (Wildman–Crippen LogP) is 1.66. The molecule has 6 heteroatoms. The number of rotatable bonds is 5. The molecule has 1 aliphatic carbocycles. The van der Waals surface area contributed by atoms with Gasteiger partial charge in [0.2, 0.25) is 11.8 Å². The molecule has 3 rings (SSSR count). The molecule has 110 valence electrons. The number of anilines is 1. The lowest BCUT2D eigenvalue weighted by molar-refractivity contribution is -0.122. The SMILES string of the molecule is CC1CC1C(=O)NCCC(=O)Nc1cccc2cn[nH]c12. The van der Waals surface area contributed by atoms with Gasteiger partial charge in [0, 0.05) is 24.3 Å². The molecule has 21 heavy (non-hydrogen) atoms. The number of benzene rings is 1. The Morgan fingerprint density at radius 3 is 3.00 bits per heavy atom. The van der Waals surface area contributed by atoms with Crippen molar-refractivity contribution in [2.45, 2.75) is 19.8 Å². The minimum absolute atomic E-state index is 0.0611. The highest BCUT2D eigenvalue weighted by Gasteiger charge is 2.38. The van der Waals surface area contributed by atoms with E-state index in [4.69, 9.17) is 0 Å². The summed E-state index contributed by atoms with van der Waals surface area (Å²) < 4.78 is 0. The van der Waals surface area contributed by atoms with E-state index < -0.39 is 0 Å². The van der Waals surface area contributed by atoms with Crippen LogP contribution in [0.4, 0.5) is 5.69 Å². The molecule has 0 aliphatic heterocycles. The van der Waals surface area contributed by atoms with Crippen LogP contribution in [0, 0.1) is 11.8 Å². The molecule has 1 aromatic heterocycles. The number of para-hydroxylation sites is 1. The third-order valence-electron chi connectivity index (χ3n) is 3.85. The van der Waals surface area contributed by atoms with Crippen LogP contribution in [0.25, 0.3) is 10.9 Å². The van der Waals surface area contributed by atoms with Crippen molar-refractivity contribution < 1.29 is 9.59 Å². The first-order chi connectivity index (χ1) is 10.1. The van der Waals surface area contributed by atoms with E-state index in [2.05, 4.69) is 27.8 Å². The van der Waals surface area contributed by atoms with Crippen LogP contribution in [0.5, 0.6) is 0 Å². The molecule has 2 atom stereocenters. The number of hydrogen-bond donors (Lipinski definition) is 3. The first-order valence-electron chi connectivity index (χ1n) is 7.15. The third-order valence-corrected chi connectivity index (χ3v) is 3.85. The number of aromatic nitrogens is 2. The van der Waals surface area contributed by atoms with Crippen LogP contribution in [0.15, 0.2) is 24.4 Å². The second kappa shape index (κ2) is 5.55. The van der Waals surface area contributed by atoms with Gasteiger partial charge in [-0.3, -0.25) is 14.7 Å². The van der Waals surface area contributed by atoms with E-state index in [1.54, 1.807) is 6.20 Å². The van der Waals surface area contributed by atoms with E-state index in [1.807, 2.05) is 18.2 Å². The van der Waals surface area contributed by atoms with Crippen LogP contribution in [-0.4, -0.2) is 28.6 Å². The zero-order valence-corrected chi connectivity index (χ0v) is 11.8. The van der Waals surface area contributed by atoms with E-state index in [0.29, 0.717) is 18.2 Å². The number of aromatic amines is 1. The molecule has 2 aromatic rings. The van der Waals surface area contributed by atoms with Crippen molar-refractivity contribution in [2.24, 2.45) is 11.8 Å². The van der Waals surface area contributed by atoms with Gasteiger partial charge in [0.15, 0.2) is 0 Å². The lowest BCUT2D eigenvalue weighted by atomic mass is 10.2. The first kappa shape index (κ1) is 13.6. The van der Waals surface area contributed by atoms with E-state index in [0.717, 1.165) is 17.3 Å². The number of hydrogen-bond acceptors (Lipinski definition) is 3. The first-order valence-corrected chi connectivity index (χ1v) is 7.15. The van der Waals surface area contributed by atoms with E-state index >= 15 is 0 Å². The van der Waals surface area contributed by atoms with Crippen molar-refractivity contribution in [2.75, 3.05) is 11.9 Å². The Morgan fingerprint density at radius 2 is 2.24 bits per heavy atom. The summed E-state index contributed by atoms with van der Waals surface area (Å²) in [5, 5.41) is 13.4. The zero-order valence-electron chi connectivity index (χ0n) is 11.8. The monoisotopic (exact) mass is 286 g/mol. The Morgan fingerprint density at radius 1 is 1.43 bits per heavy atom. The highest BCUT2D eigenvalue weighted by atomic mass is 16.2. The number of nitrogens with zero attached hydrogens (tertiary/aromatic N) is 1. The summed E-state index contributed by atoms with van der Waals surface area (Å²) in [6.07, 6.45) is 2.93. The molecule has 3 N–H and O–H groups in total. The van der Waals surface area contributed by atoms with Gasteiger partial charge in [-0.05, 0) is 18.4 Å². The fraction of sp³-hybridized carbons (Fsp3) is 0.400. The van der Waals surface area contributed by atoms with Crippen molar-refractivity contribution in [3.63, 3.8) is 0 Å². The molecule has 0 spiro atoms. The normalized spacial score (nSPS) is 20.2. The summed E-state index contributed by atoms with van der Waals surface area (Å²) in [6.45, 7) is 2.43. The number of H-pyrrole nitrogens is 1. The highest BCUT2D eigenvalue weighted by Crippen LogP contribution is 2.37. The second-order valence-corrected chi connectivity index (χ2v) is 5.55. The lowest BCUT2D eigenvalue weighted by Gasteiger charge is -2.07. The van der Waals surface area contributed by atoms with Gasteiger partial charge in [0.1, 0.15) is 0 Å². The van der Waals surface area contributed by atoms with Crippen LogP contribution >= 0.6 is 0 Å². The van der Waals surface area contributed by atoms with Gasteiger partial charge >= 0.3 is 0 Å². The Balaban J connectivity index is 1.50. The van der Waals surface area contributed by atoms with Gasteiger partial charge in [-0.2, -0.15) is 5.10 Å². The Bertz CT molecular complexity index is 679. The number of carbonyl (C=O) groups is 2. The van der Waals surface area contributed by atoms with Crippen LogP contribution in [0.3, 0.4) is 0 Å². The van der Waals surface area contributed by atoms with Crippen molar-refractivity contribution in [3.8, 4) is 0 Å². The number of nitrogens with one attached hydrogen (secondary N) is 3. The average molecular weight is 286 g/mol. The van der Waals surface area contributed by atoms with E-state index in [1.165, 1.54) is 0 Å². The van der Waals surface area contributed by atoms with Crippen molar-refractivity contribution in [1.29, 1.82) is 0 Å². The van der Waals surface area contributed by atoms with Crippen LogP contribution < -0.4 is 10.6 Å². The van der Waals surface area contributed by atoms with Crippen LogP contribution in [-0.2, 0) is 9.59 Å². The maximum atomic E-state index is 11.9.